The Balaban J connectivity index is 1.06. The largest absolute Gasteiger partial charge is 0.484 e. The predicted molar refractivity (Wildman–Crippen MR) is 147 cm³/mol. The number of benzene rings is 2. The Hall–Kier alpha value is -3.18. The van der Waals surface area contributed by atoms with Crippen molar-refractivity contribution in [2.75, 3.05) is 6.61 Å². The van der Waals surface area contributed by atoms with Gasteiger partial charge < -0.3 is 19.5 Å². The van der Waals surface area contributed by atoms with Crippen molar-refractivity contribution in [1.29, 1.82) is 0 Å². The maximum atomic E-state index is 13.8. The molecule has 1 amide bonds. The maximum absolute atomic E-state index is 13.8. The summed E-state index contributed by atoms with van der Waals surface area (Å²) in [6, 6.07) is 9.39. The van der Waals surface area contributed by atoms with Crippen LogP contribution in [0.1, 0.15) is 62.4 Å². The standard InChI is InChI=1S/C32H35F2NO7/c1-18-4-12-25-19(2)29(39-30-32(25)24(18)14-15-31(3,40-30)41-42-32)35-28(37)17-38-23-10-6-21(7-11-23)27(36)13-8-20-5-9-22(33)16-26(20)34/h5-11,13,16,18-19,24-25,29-30H,4,12,14-15,17H2,1-3H3,(H,35,37)/b13-8+/t18-,19-,24+,25+,29-,30-,31+,32-/m1/s1. The van der Waals surface area contributed by atoms with Crippen molar-refractivity contribution in [1.82, 2.24) is 5.32 Å². The van der Waals surface area contributed by atoms with Crippen LogP contribution in [0, 0.1) is 35.3 Å². The van der Waals surface area contributed by atoms with E-state index in [4.69, 9.17) is 24.0 Å². The molecule has 224 valence electrons. The third-order valence-corrected chi connectivity index (χ3v) is 9.35. The van der Waals surface area contributed by atoms with Crippen LogP contribution in [0.3, 0.4) is 0 Å². The molecule has 2 aromatic rings. The van der Waals surface area contributed by atoms with Gasteiger partial charge in [-0.2, -0.15) is 0 Å². The molecule has 1 N–H and O–H groups in total. The fraction of sp³-hybridized carbons (Fsp3) is 0.500. The van der Waals surface area contributed by atoms with Crippen LogP contribution >= 0.6 is 0 Å². The number of carbonyl (C=O) groups is 2. The molecule has 5 aliphatic rings. The highest BCUT2D eigenvalue weighted by Crippen LogP contribution is 2.60. The molecule has 4 heterocycles. The van der Waals surface area contributed by atoms with Gasteiger partial charge in [-0.1, -0.05) is 13.8 Å². The Morgan fingerprint density at radius 3 is 2.60 bits per heavy atom. The number of ether oxygens (including phenoxy) is 3. The molecule has 1 spiro atoms. The highest BCUT2D eigenvalue weighted by Gasteiger charge is 2.69. The number of hydrogen-bond donors (Lipinski definition) is 1. The van der Waals surface area contributed by atoms with Gasteiger partial charge in [-0.3, -0.25) is 9.59 Å². The van der Waals surface area contributed by atoms with Crippen LogP contribution in [0.25, 0.3) is 6.08 Å². The highest BCUT2D eigenvalue weighted by atomic mass is 19.1. The van der Waals surface area contributed by atoms with Crippen LogP contribution in [-0.2, 0) is 24.0 Å². The zero-order valence-corrected chi connectivity index (χ0v) is 23.8. The summed E-state index contributed by atoms with van der Waals surface area (Å²) < 4.78 is 45.3. The molecule has 42 heavy (non-hydrogen) atoms. The molecule has 1 saturated carbocycles. The van der Waals surface area contributed by atoms with Crippen LogP contribution in [0.15, 0.2) is 48.5 Å². The van der Waals surface area contributed by atoms with Gasteiger partial charge in [-0.05, 0) is 86.6 Å². The van der Waals surface area contributed by atoms with Crippen molar-refractivity contribution in [2.24, 2.45) is 23.7 Å². The van der Waals surface area contributed by atoms with E-state index >= 15 is 0 Å². The average molecular weight is 584 g/mol. The summed E-state index contributed by atoms with van der Waals surface area (Å²) in [5.74, 6) is -1.92. The van der Waals surface area contributed by atoms with Gasteiger partial charge in [0.15, 0.2) is 24.3 Å². The number of hydrogen-bond acceptors (Lipinski definition) is 7. The lowest BCUT2D eigenvalue weighted by molar-refractivity contribution is -0.571. The van der Waals surface area contributed by atoms with E-state index in [1.807, 2.05) is 6.92 Å². The first-order valence-electron chi connectivity index (χ1n) is 14.5. The van der Waals surface area contributed by atoms with E-state index in [0.29, 0.717) is 23.7 Å². The zero-order chi connectivity index (χ0) is 29.6. The quantitative estimate of drug-likeness (QED) is 0.259. The molecule has 1 aliphatic carbocycles. The summed E-state index contributed by atoms with van der Waals surface area (Å²) in [4.78, 5) is 37.4. The van der Waals surface area contributed by atoms with E-state index in [-0.39, 0.29) is 41.6 Å². The second-order valence-corrected chi connectivity index (χ2v) is 12.1. The highest BCUT2D eigenvalue weighted by molar-refractivity contribution is 6.06. The van der Waals surface area contributed by atoms with E-state index in [1.165, 1.54) is 18.2 Å². The Morgan fingerprint density at radius 2 is 1.83 bits per heavy atom. The number of amides is 1. The molecular weight excluding hydrogens is 548 g/mol. The number of halogens is 2. The molecule has 8 atom stereocenters. The SMILES string of the molecule is C[C@H]1[C@H](NC(=O)COc2ccc(C(=O)/C=C/c3ccc(F)cc3F)cc2)O[C@@H]2O[C@]3(C)CC[C@H]4[C@H](C)CC[C@@H]1[C@@]24OO3. The summed E-state index contributed by atoms with van der Waals surface area (Å²) in [5, 5.41) is 2.97. The number of rotatable bonds is 7. The van der Waals surface area contributed by atoms with Gasteiger partial charge >= 0.3 is 0 Å². The predicted octanol–water partition coefficient (Wildman–Crippen LogP) is 5.56. The van der Waals surface area contributed by atoms with Crippen LogP contribution in [-0.4, -0.2) is 42.2 Å². The minimum Gasteiger partial charge on any atom is -0.484 e. The smallest absolute Gasteiger partial charge is 0.259 e. The first kappa shape index (κ1) is 28.9. The topological polar surface area (TPSA) is 92.3 Å². The Kier molecular flexibility index (Phi) is 7.67. The molecule has 2 aromatic carbocycles. The van der Waals surface area contributed by atoms with E-state index in [2.05, 4.69) is 19.2 Å². The van der Waals surface area contributed by atoms with Crippen LogP contribution < -0.4 is 10.1 Å². The lowest BCUT2D eigenvalue weighted by atomic mass is 9.58. The third kappa shape index (κ3) is 5.25. The molecule has 10 heteroatoms. The van der Waals surface area contributed by atoms with Crippen molar-refractivity contribution in [3.63, 3.8) is 0 Å². The first-order valence-corrected chi connectivity index (χ1v) is 14.5. The second kappa shape index (κ2) is 11.1. The van der Waals surface area contributed by atoms with Gasteiger partial charge in [0.1, 0.15) is 23.6 Å². The second-order valence-electron chi connectivity index (χ2n) is 12.1. The summed E-state index contributed by atoms with van der Waals surface area (Å²) in [6.07, 6.45) is 4.89. The van der Waals surface area contributed by atoms with E-state index in [0.717, 1.165) is 31.4 Å². The van der Waals surface area contributed by atoms with Crippen molar-refractivity contribution in [2.45, 2.75) is 70.4 Å². The summed E-state index contributed by atoms with van der Waals surface area (Å²) in [6.45, 7) is 5.93. The molecule has 7 rings (SSSR count). The minimum atomic E-state index is -0.893. The van der Waals surface area contributed by atoms with Gasteiger partial charge in [0.25, 0.3) is 5.91 Å². The molecule has 2 bridgehead atoms. The normalized spacial score (nSPS) is 35.4. The van der Waals surface area contributed by atoms with E-state index in [9.17, 15) is 18.4 Å². The lowest BCUT2D eigenvalue weighted by Crippen LogP contribution is -2.72. The van der Waals surface area contributed by atoms with Crippen molar-refractivity contribution in [3.8, 4) is 5.75 Å². The first-order chi connectivity index (χ1) is 20.1. The lowest BCUT2D eigenvalue weighted by Gasteiger charge is -2.60. The molecule has 4 saturated heterocycles. The Labute approximate surface area is 243 Å². The van der Waals surface area contributed by atoms with Gasteiger partial charge in [-0.15, -0.1) is 0 Å². The van der Waals surface area contributed by atoms with Crippen LogP contribution in [0.2, 0.25) is 0 Å². The van der Waals surface area contributed by atoms with Crippen molar-refractivity contribution < 1.29 is 42.4 Å². The molecule has 0 aromatic heterocycles. The van der Waals surface area contributed by atoms with Crippen LogP contribution in [0.5, 0.6) is 5.75 Å². The number of nitrogens with one attached hydrogen (secondary N) is 1. The molecular formula is C32H35F2NO7. The summed E-state index contributed by atoms with van der Waals surface area (Å²) in [7, 11) is 0. The number of ketones is 1. The van der Waals surface area contributed by atoms with E-state index in [1.54, 1.807) is 24.3 Å². The van der Waals surface area contributed by atoms with Gasteiger partial charge in [-0.25, -0.2) is 18.6 Å². The summed E-state index contributed by atoms with van der Waals surface area (Å²) >= 11 is 0. The van der Waals surface area contributed by atoms with Crippen molar-refractivity contribution >= 4 is 17.8 Å². The molecule has 4 aliphatic heterocycles. The van der Waals surface area contributed by atoms with Gasteiger partial charge in [0, 0.05) is 35.4 Å². The average Bonchev–Trinajstić information content (AvgIpc) is 3.20. The van der Waals surface area contributed by atoms with Crippen molar-refractivity contribution in [3.05, 3.63) is 71.3 Å². The third-order valence-electron chi connectivity index (χ3n) is 9.35. The fourth-order valence-corrected chi connectivity index (χ4v) is 7.03. The number of fused-ring (bicyclic) bond motifs is 2. The van der Waals surface area contributed by atoms with E-state index < -0.39 is 35.5 Å². The number of carbonyl (C=O) groups excluding carboxylic acids is 2. The Bertz CT molecular complexity index is 1380. The summed E-state index contributed by atoms with van der Waals surface area (Å²) in [5.41, 5.74) is -0.248. The minimum absolute atomic E-state index is 0.0448. The molecule has 8 nitrogen and oxygen atoms in total. The molecule has 0 unspecified atom stereocenters. The molecule has 5 fully saturated rings. The number of allylic oxidation sites excluding steroid dienone is 1. The van der Waals surface area contributed by atoms with Gasteiger partial charge in [0.05, 0.1) is 0 Å². The van der Waals surface area contributed by atoms with Gasteiger partial charge in [0.2, 0.25) is 5.79 Å². The maximum Gasteiger partial charge on any atom is 0.259 e. The molecule has 0 radical (unpaired) electrons. The fourth-order valence-electron chi connectivity index (χ4n) is 7.03. The van der Waals surface area contributed by atoms with Crippen LogP contribution in [0.4, 0.5) is 8.78 Å². The Morgan fingerprint density at radius 1 is 1.05 bits per heavy atom. The monoisotopic (exact) mass is 583 g/mol. The zero-order valence-electron chi connectivity index (χ0n) is 23.8.